The Hall–Kier alpha value is -2.21. The number of thiocarbonyl (C=S) groups is 1. The molecule has 0 amide bonds. The maximum Gasteiger partial charge on any atom is 0.256 e. The second-order valence-electron chi connectivity index (χ2n) is 6.85. The summed E-state index contributed by atoms with van der Waals surface area (Å²) in [6.07, 6.45) is 1.67. The zero-order chi connectivity index (χ0) is 22.0. The van der Waals surface area contributed by atoms with Gasteiger partial charge in [-0.25, -0.2) is 9.37 Å². The van der Waals surface area contributed by atoms with Crippen molar-refractivity contribution < 1.29 is 13.9 Å². The zero-order valence-corrected chi connectivity index (χ0v) is 19.2. The summed E-state index contributed by atoms with van der Waals surface area (Å²) < 4.78 is 27.4. The molecule has 1 aliphatic heterocycles. The van der Waals surface area contributed by atoms with E-state index in [-0.39, 0.29) is 18.4 Å². The molecule has 1 unspecified atom stereocenters. The third-order valence-corrected chi connectivity index (χ3v) is 5.72. The van der Waals surface area contributed by atoms with Crippen molar-refractivity contribution in [2.75, 3.05) is 37.9 Å². The molecule has 1 aromatic carbocycles. The van der Waals surface area contributed by atoms with Crippen LogP contribution in [0.2, 0.25) is 5.02 Å². The fourth-order valence-electron chi connectivity index (χ4n) is 3.10. The quantitative estimate of drug-likeness (QED) is 0.434. The number of benzene rings is 1. The molecule has 2 aromatic heterocycles. The van der Waals surface area contributed by atoms with Gasteiger partial charge < -0.3 is 19.7 Å². The second-order valence-corrected chi connectivity index (χ2v) is 8.45. The highest BCUT2D eigenvalue weighted by Crippen LogP contribution is 2.21. The molecule has 0 spiro atoms. The lowest BCUT2D eigenvalue weighted by molar-refractivity contribution is -0.0291. The first-order chi connectivity index (χ1) is 14.9. The number of ether oxygens (including phenoxy) is 2. The van der Waals surface area contributed by atoms with Crippen molar-refractivity contribution in [3.8, 4) is 5.88 Å². The Morgan fingerprint density at radius 2 is 2.26 bits per heavy atom. The van der Waals surface area contributed by atoms with E-state index in [1.54, 1.807) is 10.6 Å². The Labute approximate surface area is 193 Å². The molecule has 1 N–H and O–H groups in total. The van der Waals surface area contributed by atoms with Crippen LogP contribution >= 0.6 is 35.6 Å². The number of aryl methyl sites for hydroxylation is 1. The molecule has 0 radical (unpaired) electrons. The highest BCUT2D eigenvalue weighted by Gasteiger charge is 2.24. The first kappa shape index (κ1) is 22.0. The van der Waals surface area contributed by atoms with Crippen LogP contribution in [0.1, 0.15) is 5.69 Å². The zero-order valence-electron chi connectivity index (χ0n) is 16.8. The van der Waals surface area contributed by atoms with Crippen LogP contribution in [-0.2, 0) is 4.74 Å². The maximum atomic E-state index is 14.0. The van der Waals surface area contributed by atoms with Gasteiger partial charge in [0.05, 0.1) is 12.3 Å². The summed E-state index contributed by atoms with van der Waals surface area (Å²) >= 11 is 12.9. The van der Waals surface area contributed by atoms with Crippen LogP contribution in [0.5, 0.6) is 5.88 Å². The van der Waals surface area contributed by atoms with E-state index in [2.05, 4.69) is 20.4 Å². The molecule has 1 atom stereocenters. The van der Waals surface area contributed by atoms with Crippen molar-refractivity contribution in [3.05, 3.63) is 40.8 Å². The molecule has 8 nitrogen and oxygen atoms in total. The minimum absolute atomic E-state index is 0.232. The molecule has 31 heavy (non-hydrogen) atoms. The van der Waals surface area contributed by atoms with Gasteiger partial charge in [-0.05, 0) is 43.6 Å². The van der Waals surface area contributed by atoms with E-state index in [4.69, 9.17) is 33.3 Å². The topological polar surface area (TPSA) is 76.8 Å². The molecule has 0 bridgehead atoms. The molecular formula is C19H20ClFN6O2S2. The van der Waals surface area contributed by atoms with Crippen LogP contribution in [0.3, 0.4) is 0 Å². The lowest BCUT2D eigenvalue weighted by Crippen LogP contribution is -2.49. The number of fused-ring (bicyclic) bond motifs is 1. The number of hydrogen-bond donors (Lipinski definition) is 1. The van der Waals surface area contributed by atoms with Crippen LogP contribution in [-0.4, -0.2) is 68.3 Å². The Balaban J connectivity index is 1.40. The Bertz CT molecular complexity index is 1110. The molecule has 4 rings (SSSR count). The maximum absolute atomic E-state index is 14.0. The normalized spacial score (nSPS) is 16.5. The number of aromatic nitrogens is 4. The molecule has 3 aromatic rings. The number of anilines is 1. The van der Waals surface area contributed by atoms with Gasteiger partial charge in [-0.2, -0.15) is 9.50 Å². The summed E-state index contributed by atoms with van der Waals surface area (Å²) in [4.78, 5) is 10.7. The van der Waals surface area contributed by atoms with Gasteiger partial charge in [0.25, 0.3) is 5.78 Å². The summed E-state index contributed by atoms with van der Waals surface area (Å²) in [5.74, 6) is 0.603. The first-order valence-electron chi connectivity index (χ1n) is 9.46. The van der Waals surface area contributed by atoms with Gasteiger partial charge in [-0.15, -0.1) is 5.10 Å². The third kappa shape index (κ3) is 5.17. The van der Waals surface area contributed by atoms with Crippen molar-refractivity contribution in [3.63, 3.8) is 0 Å². The fourth-order valence-corrected chi connectivity index (χ4v) is 3.88. The highest BCUT2D eigenvalue weighted by atomic mass is 35.5. The van der Waals surface area contributed by atoms with Crippen LogP contribution < -0.4 is 10.1 Å². The van der Waals surface area contributed by atoms with Crippen molar-refractivity contribution in [2.24, 2.45) is 0 Å². The van der Waals surface area contributed by atoms with Gasteiger partial charge in [0.15, 0.2) is 5.11 Å². The average Bonchev–Trinajstić information content (AvgIpc) is 3.18. The number of halogens is 2. The minimum atomic E-state index is -0.422. The average molecular weight is 483 g/mol. The smallest absolute Gasteiger partial charge is 0.256 e. The molecule has 3 heterocycles. The van der Waals surface area contributed by atoms with E-state index in [1.165, 1.54) is 30.0 Å². The van der Waals surface area contributed by atoms with Crippen LogP contribution in [0.25, 0.3) is 5.78 Å². The molecule has 12 heteroatoms. The number of thioether (sulfide) groups is 1. The van der Waals surface area contributed by atoms with Crippen LogP contribution in [0, 0.1) is 12.7 Å². The summed E-state index contributed by atoms with van der Waals surface area (Å²) in [6.45, 7) is 3.71. The Morgan fingerprint density at radius 3 is 3.06 bits per heavy atom. The summed E-state index contributed by atoms with van der Waals surface area (Å²) in [5.41, 5.74) is 1.02. The number of nitrogens with zero attached hydrogens (tertiary/aromatic N) is 5. The van der Waals surface area contributed by atoms with E-state index in [0.29, 0.717) is 46.6 Å². The number of nitrogens with one attached hydrogen (secondary N) is 1. The van der Waals surface area contributed by atoms with Gasteiger partial charge in [0.1, 0.15) is 18.5 Å². The van der Waals surface area contributed by atoms with Crippen molar-refractivity contribution in [1.29, 1.82) is 0 Å². The van der Waals surface area contributed by atoms with E-state index in [9.17, 15) is 4.39 Å². The van der Waals surface area contributed by atoms with Crippen LogP contribution in [0.15, 0.2) is 29.4 Å². The third-order valence-electron chi connectivity index (χ3n) is 4.58. The standard InChI is InChI=1S/C19H20ClFN6O2S2/c1-11-7-16(27-17(22-11)24-18(25-27)31-2)29-10-13-9-26(5-6-28-13)19(30)23-15-8-12(20)3-4-14(15)21/h3-4,7-8,13H,5-6,9-10H2,1-2H3,(H,23,30). The minimum Gasteiger partial charge on any atom is -0.475 e. The van der Waals surface area contributed by atoms with E-state index >= 15 is 0 Å². The van der Waals surface area contributed by atoms with Gasteiger partial charge in [0, 0.05) is 29.9 Å². The van der Waals surface area contributed by atoms with Crippen molar-refractivity contribution in [2.45, 2.75) is 18.2 Å². The van der Waals surface area contributed by atoms with Crippen LogP contribution in [0.4, 0.5) is 10.1 Å². The molecule has 0 saturated carbocycles. The number of rotatable bonds is 5. The Morgan fingerprint density at radius 1 is 1.42 bits per heavy atom. The highest BCUT2D eigenvalue weighted by molar-refractivity contribution is 7.98. The molecular weight excluding hydrogens is 463 g/mol. The predicted molar refractivity (Wildman–Crippen MR) is 122 cm³/mol. The van der Waals surface area contributed by atoms with Crippen molar-refractivity contribution >= 4 is 52.2 Å². The van der Waals surface area contributed by atoms with E-state index in [0.717, 1.165) is 5.69 Å². The van der Waals surface area contributed by atoms with Gasteiger partial charge in [-0.1, -0.05) is 23.4 Å². The van der Waals surface area contributed by atoms with Crippen molar-refractivity contribution in [1.82, 2.24) is 24.5 Å². The molecule has 1 saturated heterocycles. The number of hydrogen-bond acceptors (Lipinski definition) is 7. The van der Waals surface area contributed by atoms with Gasteiger partial charge in [-0.3, -0.25) is 0 Å². The van der Waals surface area contributed by atoms with Gasteiger partial charge >= 0.3 is 0 Å². The second kappa shape index (κ2) is 9.51. The summed E-state index contributed by atoms with van der Waals surface area (Å²) in [6, 6.07) is 6.10. The monoisotopic (exact) mass is 482 g/mol. The summed E-state index contributed by atoms with van der Waals surface area (Å²) in [7, 11) is 0. The Kier molecular flexibility index (Phi) is 6.75. The molecule has 1 aliphatic rings. The predicted octanol–water partition coefficient (Wildman–Crippen LogP) is 3.42. The van der Waals surface area contributed by atoms with E-state index < -0.39 is 5.82 Å². The lowest BCUT2D eigenvalue weighted by Gasteiger charge is -2.34. The molecule has 0 aliphatic carbocycles. The SMILES string of the molecule is CSc1nc2nc(C)cc(OCC3CN(C(=S)Nc4cc(Cl)ccc4F)CCO3)n2n1. The molecule has 1 fully saturated rings. The van der Waals surface area contributed by atoms with Gasteiger partial charge in [0.2, 0.25) is 11.0 Å². The summed E-state index contributed by atoms with van der Waals surface area (Å²) in [5, 5.41) is 8.76. The number of morpholine rings is 1. The molecule has 164 valence electrons. The largest absolute Gasteiger partial charge is 0.475 e. The fraction of sp³-hybridized carbons (Fsp3) is 0.368. The lowest BCUT2D eigenvalue weighted by atomic mass is 10.3. The first-order valence-corrected chi connectivity index (χ1v) is 11.5. The van der Waals surface area contributed by atoms with E-state index in [1.807, 2.05) is 18.1 Å².